The zero-order valence-corrected chi connectivity index (χ0v) is 14.8. The molecule has 3 aromatic heterocycles. The van der Waals surface area contributed by atoms with Crippen LogP contribution in [0.1, 0.15) is 23.4 Å². The van der Waals surface area contributed by atoms with Crippen molar-refractivity contribution >= 4 is 16.9 Å². The van der Waals surface area contributed by atoms with E-state index in [1.165, 1.54) is 11.3 Å². The van der Waals surface area contributed by atoms with Gasteiger partial charge >= 0.3 is 0 Å². The van der Waals surface area contributed by atoms with E-state index < -0.39 is 0 Å². The van der Waals surface area contributed by atoms with Crippen LogP contribution in [0.5, 0.6) is 0 Å². The van der Waals surface area contributed by atoms with Crippen LogP contribution < -0.4 is 5.32 Å². The highest BCUT2D eigenvalue weighted by Gasteiger charge is 2.16. The number of fused-ring (bicyclic) bond motifs is 1. The first-order chi connectivity index (χ1) is 11.6. The van der Waals surface area contributed by atoms with Crippen molar-refractivity contribution in [1.82, 2.24) is 19.4 Å². The van der Waals surface area contributed by atoms with Gasteiger partial charge in [-0.2, -0.15) is 0 Å². The van der Waals surface area contributed by atoms with Crippen molar-refractivity contribution < 1.29 is 4.42 Å². The van der Waals surface area contributed by atoms with Crippen LogP contribution in [0.15, 0.2) is 29.1 Å². The smallest absolute Gasteiger partial charge is 0.145 e. The summed E-state index contributed by atoms with van der Waals surface area (Å²) in [5.41, 5.74) is 3.49. The summed E-state index contributed by atoms with van der Waals surface area (Å²) < 4.78 is 7.69. The molecule has 0 spiro atoms. The molecule has 0 amide bonds. The molecule has 0 bridgehead atoms. The standard InChI is InChI=1S/C18H25N5O/c1-13-14(2)23(9-6-8-22(3)4)18-16(13)17(20-12-21-18)19-11-15-7-5-10-24-15/h5,7,10,12H,6,8-9,11H2,1-4H3,(H,19,20,21). The molecule has 1 N–H and O–H groups in total. The summed E-state index contributed by atoms with van der Waals surface area (Å²) >= 11 is 0. The number of aryl methyl sites for hydroxylation is 2. The molecule has 0 aliphatic rings. The molecule has 3 aromatic rings. The number of hydrogen-bond donors (Lipinski definition) is 1. The van der Waals surface area contributed by atoms with Gasteiger partial charge in [-0.15, -0.1) is 0 Å². The SMILES string of the molecule is Cc1c(C)n(CCCN(C)C)c2ncnc(NCc3ccco3)c12. The van der Waals surface area contributed by atoms with Crippen molar-refractivity contribution in [2.45, 2.75) is 33.4 Å². The van der Waals surface area contributed by atoms with Crippen LogP contribution in [0.2, 0.25) is 0 Å². The quantitative estimate of drug-likeness (QED) is 0.722. The van der Waals surface area contributed by atoms with Crippen molar-refractivity contribution in [2.24, 2.45) is 0 Å². The number of nitrogens with one attached hydrogen (secondary N) is 1. The Morgan fingerprint density at radius 3 is 2.79 bits per heavy atom. The lowest BCUT2D eigenvalue weighted by atomic mass is 10.2. The lowest BCUT2D eigenvalue weighted by molar-refractivity contribution is 0.387. The molecule has 0 saturated carbocycles. The number of rotatable bonds is 7. The van der Waals surface area contributed by atoms with Crippen molar-refractivity contribution in [1.29, 1.82) is 0 Å². The Bertz CT molecular complexity index is 805. The third-order valence-corrected chi connectivity index (χ3v) is 4.40. The van der Waals surface area contributed by atoms with E-state index in [1.807, 2.05) is 12.1 Å². The van der Waals surface area contributed by atoms with Crippen molar-refractivity contribution in [3.63, 3.8) is 0 Å². The monoisotopic (exact) mass is 327 g/mol. The average molecular weight is 327 g/mol. The Labute approximate surface area is 142 Å². The van der Waals surface area contributed by atoms with E-state index in [9.17, 15) is 0 Å². The van der Waals surface area contributed by atoms with Gasteiger partial charge in [-0.05, 0) is 58.6 Å². The molecule has 3 heterocycles. The highest BCUT2D eigenvalue weighted by atomic mass is 16.3. The van der Waals surface area contributed by atoms with Gasteiger partial charge in [0.1, 0.15) is 23.6 Å². The Morgan fingerprint density at radius 2 is 2.08 bits per heavy atom. The fourth-order valence-corrected chi connectivity index (χ4v) is 3.01. The summed E-state index contributed by atoms with van der Waals surface area (Å²) in [6.07, 6.45) is 4.41. The molecular formula is C18H25N5O. The molecule has 0 radical (unpaired) electrons. The molecule has 0 fully saturated rings. The van der Waals surface area contributed by atoms with E-state index >= 15 is 0 Å². The second kappa shape index (κ2) is 7.05. The van der Waals surface area contributed by atoms with Gasteiger partial charge in [-0.3, -0.25) is 0 Å². The molecule has 6 nitrogen and oxygen atoms in total. The van der Waals surface area contributed by atoms with Gasteiger partial charge in [0.05, 0.1) is 18.2 Å². The van der Waals surface area contributed by atoms with Crippen molar-refractivity contribution in [3.05, 3.63) is 41.7 Å². The van der Waals surface area contributed by atoms with Crippen LogP contribution >= 0.6 is 0 Å². The van der Waals surface area contributed by atoms with Crippen molar-refractivity contribution in [2.75, 3.05) is 26.0 Å². The van der Waals surface area contributed by atoms with Crippen molar-refractivity contribution in [3.8, 4) is 0 Å². The minimum atomic E-state index is 0.614. The van der Waals surface area contributed by atoms with Crippen LogP contribution in [0.3, 0.4) is 0 Å². The van der Waals surface area contributed by atoms with Crippen LogP contribution in [0.25, 0.3) is 11.0 Å². The summed E-state index contributed by atoms with van der Waals surface area (Å²) in [6, 6.07) is 3.85. The highest BCUT2D eigenvalue weighted by molar-refractivity contribution is 5.91. The largest absolute Gasteiger partial charge is 0.467 e. The second-order valence-electron chi connectivity index (χ2n) is 6.37. The van der Waals surface area contributed by atoms with E-state index in [0.29, 0.717) is 6.54 Å². The van der Waals surface area contributed by atoms with Gasteiger partial charge in [0.25, 0.3) is 0 Å². The lowest BCUT2D eigenvalue weighted by Crippen LogP contribution is -2.15. The Morgan fingerprint density at radius 1 is 1.25 bits per heavy atom. The maximum Gasteiger partial charge on any atom is 0.145 e. The molecule has 0 atom stereocenters. The molecule has 128 valence electrons. The van der Waals surface area contributed by atoms with Crippen LogP contribution in [-0.2, 0) is 13.1 Å². The third kappa shape index (κ3) is 3.28. The summed E-state index contributed by atoms with van der Waals surface area (Å²) in [5, 5.41) is 4.48. The Kier molecular flexibility index (Phi) is 4.85. The third-order valence-electron chi connectivity index (χ3n) is 4.40. The van der Waals surface area contributed by atoms with Crippen LogP contribution in [0, 0.1) is 13.8 Å². The van der Waals surface area contributed by atoms with Gasteiger partial charge in [-0.1, -0.05) is 0 Å². The highest BCUT2D eigenvalue weighted by Crippen LogP contribution is 2.29. The van der Waals surface area contributed by atoms with E-state index in [1.54, 1.807) is 12.6 Å². The first kappa shape index (κ1) is 16.5. The molecule has 3 rings (SSSR count). The molecule has 0 saturated heterocycles. The lowest BCUT2D eigenvalue weighted by Gasteiger charge is -2.11. The van der Waals surface area contributed by atoms with Gasteiger partial charge in [0, 0.05) is 12.2 Å². The van der Waals surface area contributed by atoms with Gasteiger partial charge in [0.2, 0.25) is 0 Å². The van der Waals surface area contributed by atoms with E-state index in [0.717, 1.165) is 42.1 Å². The predicted octanol–water partition coefficient (Wildman–Crippen LogP) is 3.20. The maximum atomic E-state index is 5.39. The minimum Gasteiger partial charge on any atom is -0.467 e. The topological polar surface area (TPSA) is 59.1 Å². The zero-order valence-electron chi connectivity index (χ0n) is 14.8. The fraction of sp³-hybridized carbons (Fsp3) is 0.444. The zero-order chi connectivity index (χ0) is 17.1. The maximum absolute atomic E-state index is 5.39. The first-order valence-electron chi connectivity index (χ1n) is 8.29. The summed E-state index contributed by atoms with van der Waals surface area (Å²) in [6.45, 7) is 6.93. The summed E-state index contributed by atoms with van der Waals surface area (Å²) in [5.74, 6) is 1.75. The fourth-order valence-electron chi connectivity index (χ4n) is 3.01. The molecule has 0 aliphatic heterocycles. The first-order valence-corrected chi connectivity index (χ1v) is 8.29. The van der Waals surface area contributed by atoms with Gasteiger partial charge in [-0.25, -0.2) is 9.97 Å². The molecule has 0 aliphatic carbocycles. The van der Waals surface area contributed by atoms with Gasteiger partial charge in [0.15, 0.2) is 0 Å². The summed E-state index contributed by atoms with van der Waals surface area (Å²) in [7, 11) is 4.20. The molecule has 24 heavy (non-hydrogen) atoms. The predicted molar refractivity (Wildman–Crippen MR) is 96.2 cm³/mol. The molecule has 0 unspecified atom stereocenters. The second-order valence-corrected chi connectivity index (χ2v) is 6.37. The number of aromatic nitrogens is 3. The molecule has 0 aromatic carbocycles. The van der Waals surface area contributed by atoms with Crippen LogP contribution in [0.4, 0.5) is 5.82 Å². The molecule has 6 heteroatoms. The number of furan rings is 1. The van der Waals surface area contributed by atoms with E-state index in [2.05, 4.69) is 52.7 Å². The Balaban J connectivity index is 1.88. The average Bonchev–Trinajstić information content (AvgIpc) is 3.15. The molecular weight excluding hydrogens is 302 g/mol. The minimum absolute atomic E-state index is 0.614. The number of hydrogen-bond acceptors (Lipinski definition) is 5. The van der Waals surface area contributed by atoms with E-state index in [-0.39, 0.29) is 0 Å². The number of nitrogens with zero attached hydrogens (tertiary/aromatic N) is 4. The van der Waals surface area contributed by atoms with Gasteiger partial charge < -0.3 is 19.2 Å². The Hall–Kier alpha value is -2.34. The number of anilines is 1. The summed E-state index contributed by atoms with van der Waals surface area (Å²) in [4.78, 5) is 11.2. The van der Waals surface area contributed by atoms with E-state index in [4.69, 9.17) is 4.42 Å². The van der Waals surface area contributed by atoms with Crippen LogP contribution in [-0.4, -0.2) is 40.1 Å². The normalized spacial score (nSPS) is 11.5.